The zero-order valence-electron chi connectivity index (χ0n) is 10.4. The lowest BCUT2D eigenvalue weighted by molar-refractivity contribution is -0.133. The van der Waals surface area contributed by atoms with Gasteiger partial charge in [0.15, 0.2) is 0 Å². The third-order valence-corrected chi connectivity index (χ3v) is 4.13. The summed E-state index contributed by atoms with van der Waals surface area (Å²) in [6, 6.07) is 0.670. The van der Waals surface area contributed by atoms with E-state index in [1.807, 2.05) is 0 Å². The van der Waals surface area contributed by atoms with Crippen molar-refractivity contribution in [2.45, 2.75) is 44.6 Å². The second kappa shape index (κ2) is 5.57. The maximum Gasteiger partial charge on any atom is 0.225 e. The first-order chi connectivity index (χ1) is 7.83. The van der Waals surface area contributed by atoms with E-state index in [1.165, 1.54) is 19.4 Å². The van der Waals surface area contributed by atoms with Gasteiger partial charge in [0.2, 0.25) is 5.91 Å². The highest BCUT2D eigenvalue weighted by atomic mass is 35.5. The van der Waals surface area contributed by atoms with Gasteiger partial charge in [-0.1, -0.05) is 0 Å². The van der Waals surface area contributed by atoms with Gasteiger partial charge in [-0.15, -0.1) is 12.4 Å². The van der Waals surface area contributed by atoms with Crippen molar-refractivity contribution in [3.63, 3.8) is 0 Å². The van der Waals surface area contributed by atoms with Crippen molar-refractivity contribution >= 4 is 18.3 Å². The number of carbonyl (C=O) groups excluding carboxylic acids is 1. The average Bonchev–Trinajstić information content (AvgIpc) is 3.19. The normalized spacial score (nSPS) is 25.5. The average molecular weight is 259 g/mol. The van der Waals surface area contributed by atoms with Crippen molar-refractivity contribution in [3.05, 3.63) is 0 Å². The van der Waals surface area contributed by atoms with Gasteiger partial charge in [0.25, 0.3) is 0 Å². The van der Waals surface area contributed by atoms with Gasteiger partial charge in [0.1, 0.15) is 0 Å². The van der Waals surface area contributed by atoms with E-state index in [2.05, 4.69) is 10.2 Å². The number of hydrogen-bond acceptors (Lipinski definition) is 2. The molecular formula is C13H23ClN2O. The molecule has 0 radical (unpaired) electrons. The topological polar surface area (TPSA) is 32.3 Å². The molecule has 1 amide bonds. The lowest BCUT2D eigenvalue weighted by Crippen LogP contribution is -2.45. The Balaban J connectivity index is 0.00000108. The highest BCUT2D eigenvalue weighted by molar-refractivity contribution is 5.85. The molecule has 4 heteroatoms. The van der Waals surface area contributed by atoms with Crippen LogP contribution in [0.4, 0.5) is 0 Å². The number of carbonyl (C=O) groups is 1. The summed E-state index contributed by atoms with van der Waals surface area (Å²) in [5.41, 5.74) is 0. The number of nitrogens with zero attached hydrogens (tertiary/aromatic N) is 1. The van der Waals surface area contributed by atoms with Gasteiger partial charge in [-0.05, 0) is 51.0 Å². The standard InChI is InChI=1S/C13H22N2O.ClH/c16-13(11-3-4-11)15-7-5-12(6-8-15)14-9-10-1-2-10;/h10-12,14H,1-9H2;1H. The van der Waals surface area contributed by atoms with Crippen LogP contribution in [-0.2, 0) is 4.79 Å². The van der Waals surface area contributed by atoms with Gasteiger partial charge in [-0.25, -0.2) is 0 Å². The summed E-state index contributed by atoms with van der Waals surface area (Å²) in [5, 5.41) is 3.65. The fraction of sp³-hybridized carbons (Fsp3) is 0.923. The Kier molecular flexibility index (Phi) is 4.31. The van der Waals surface area contributed by atoms with Crippen LogP contribution >= 0.6 is 12.4 Å². The zero-order chi connectivity index (χ0) is 11.0. The van der Waals surface area contributed by atoms with Crippen LogP contribution in [0.1, 0.15) is 38.5 Å². The fourth-order valence-electron chi connectivity index (χ4n) is 2.55. The molecule has 3 nitrogen and oxygen atoms in total. The summed E-state index contributed by atoms with van der Waals surface area (Å²) in [6.07, 6.45) is 7.44. The van der Waals surface area contributed by atoms with E-state index in [-0.39, 0.29) is 12.4 Å². The van der Waals surface area contributed by atoms with Crippen LogP contribution in [0, 0.1) is 11.8 Å². The highest BCUT2D eigenvalue weighted by Crippen LogP contribution is 2.32. The van der Waals surface area contributed by atoms with E-state index in [0.29, 0.717) is 17.9 Å². The van der Waals surface area contributed by atoms with E-state index >= 15 is 0 Å². The van der Waals surface area contributed by atoms with Crippen LogP contribution in [-0.4, -0.2) is 36.5 Å². The third-order valence-electron chi connectivity index (χ3n) is 4.13. The molecule has 0 atom stereocenters. The van der Waals surface area contributed by atoms with Crippen molar-refractivity contribution in [1.29, 1.82) is 0 Å². The first kappa shape index (κ1) is 13.2. The Morgan fingerprint density at radius 2 is 1.71 bits per heavy atom. The van der Waals surface area contributed by atoms with Crippen LogP contribution < -0.4 is 5.32 Å². The summed E-state index contributed by atoms with van der Waals surface area (Å²) in [4.78, 5) is 13.9. The lowest BCUT2D eigenvalue weighted by atomic mass is 10.0. The van der Waals surface area contributed by atoms with Crippen LogP contribution in [0.25, 0.3) is 0 Å². The molecule has 3 aliphatic rings. The summed E-state index contributed by atoms with van der Waals surface area (Å²) >= 11 is 0. The monoisotopic (exact) mass is 258 g/mol. The van der Waals surface area contributed by atoms with Gasteiger partial charge in [0.05, 0.1) is 0 Å². The van der Waals surface area contributed by atoms with E-state index in [4.69, 9.17) is 0 Å². The number of halogens is 1. The number of hydrogen-bond donors (Lipinski definition) is 1. The molecular weight excluding hydrogens is 236 g/mol. The van der Waals surface area contributed by atoms with Crippen LogP contribution in [0.5, 0.6) is 0 Å². The molecule has 3 fully saturated rings. The first-order valence-electron chi connectivity index (χ1n) is 6.85. The van der Waals surface area contributed by atoms with Crippen molar-refractivity contribution in [2.24, 2.45) is 11.8 Å². The minimum Gasteiger partial charge on any atom is -0.342 e. The predicted molar refractivity (Wildman–Crippen MR) is 70.3 cm³/mol. The minimum atomic E-state index is 0. The first-order valence-corrected chi connectivity index (χ1v) is 6.85. The second-order valence-corrected chi connectivity index (χ2v) is 5.73. The number of nitrogens with one attached hydrogen (secondary N) is 1. The van der Waals surface area contributed by atoms with E-state index in [9.17, 15) is 4.79 Å². The number of rotatable bonds is 4. The smallest absolute Gasteiger partial charge is 0.225 e. The summed E-state index contributed by atoms with van der Waals surface area (Å²) in [7, 11) is 0. The third kappa shape index (κ3) is 3.59. The molecule has 1 N–H and O–H groups in total. The molecule has 1 heterocycles. The molecule has 17 heavy (non-hydrogen) atoms. The molecule has 98 valence electrons. The molecule has 0 aromatic carbocycles. The van der Waals surface area contributed by atoms with Crippen LogP contribution in [0.2, 0.25) is 0 Å². The molecule has 2 aliphatic carbocycles. The SMILES string of the molecule is Cl.O=C(C1CC1)N1CCC(NCC2CC2)CC1. The van der Waals surface area contributed by atoms with Gasteiger partial charge in [0, 0.05) is 25.0 Å². The Hall–Kier alpha value is -0.280. The van der Waals surface area contributed by atoms with Gasteiger partial charge in [-0.2, -0.15) is 0 Å². The van der Waals surface area contributed by atoms with E-state index in [1.54, 1.807) is 0 Å². The number of likely N-dealkylation sites (tertiary alicyclic amines) is 1. The van der Waals surface area contributed by atoms with Crippen LogP contribution in [0.3, 0.4) is 0 Å². The molecule has 1 saturated heterocycles. The summed E-state index contributed by atoms with van der Waals surface area (Å²) < 4.78 is 0. The second-order valence-electron chi connectivity index (χ2n) is 5.73. The maximum atomic E-state index is 11.8. The quantitative estimate of drug-likeness (QED) is 0.834. The zero-order valence-corrected chi connectivity index (χ0v) is 11.2. The molecule has 0 bridgehead atoms. The van der Waals surface area contributed by atoms with Crippen molar-refractivity contribution in [1.82, 2.24) is 10.2 Å². The van der Waals surface area contributed by atoms with Crippen molar-refractivity contribution < 1.29 is 4.79 Å². The Labute approximate surface area is 110 Å². The molecule has 0 spiro atoms. The maximum absolute atomic E-state index is 11.8. The largest absolute Gasteiger partial charge is 0.342 e. The number of amides is 1. The summed E-state index contributed by atoms with van der Waals surface area (Å²) in [6.45, 7) is 3.18. The number of piperidine rings is 1. The molecule has 2 saturated carbocycles. The van der Waals surface area contributed by atoms with E-state index in [0.717, 1.165) is 44.7 Å². The van der Waals surface area contributed by atoms with Crippen molar-refractivity contribution in [3.8, 4) is 0 Å². The van der Waals surface area contributed by atoms with Crippen molar-refractivity contribution in [2.75, 3.05) is 19.6 Å². The van der Waals surface area contributed by atoms with E-state index < -0.39 is 0 Å². The molecule has 0 aromatic rings. The Morgan fingerprint density at radius 3 is 2.24 bits per heavy atom. The summed E-state index contributed by atoms with van der Waals surface area (Å²) in [5.74, 6) is 1.79. The molecule has 0 unspecified atom stereocenters. The molecule has 1 aliphatic heterocycles. The molecule has 3 rings (SSSR count). The lowest BCUT2D eigenvalue weighted by Gasteiger charge is -2.32. The fourth-order valence-corrected chi connectivity index (χ4v) is 2.55. The Bertz CT molecular complexity index is 269. The van der Waals surface area contributed by atoms with Gasteiger partial charge in [-0.3, -0.25) is 4.79 Å². The highest BCUT2D eigenvalue weighted by Gasteiger charge is 2.35. The van der Waals surface area contributed by atoms with Crippen LogP contribution in [0.15, 0.2) is 0 Å². The predicted octanol–water partition coefficient (Wildman–Crippen LogP) is 1.81. The van der Waals surface area contributed by atoms with Gasteiger partial charge < -0.3 is 10.2 Å². The minimum absolute atomic E-state index is 0. The molecule has 0 aromatic heterocycles. The Morgan fingerprint density at radius 1 is 1.06 bits per heavy atom. The van der Waals surface area contributed by atoms with Gasteiger partial charge >= 0.3 is 0 Å².